The Hall–Kier alpha value is -1.62. The Morgan fingerprint density at radius 1 is 1.59 bits per heavy atom. The number of ether oxygens (including phenoxy) is 1. The summed E-state index contributed by atoms with van der Waals surface area (Å²) in [5.41, 5.74) is 6.13. The van der Waals surface area contributed by atoms with Gasteiger partial charge in [0.2, 0.25) is 5.91 Å². The number of carbonyl (C=O) groups excluding carboxylic acids is 1. The zero-order valence-corrected chi connectivity index (χ0v) is 10.00. The van der Waals surface area contributed by atoms with Gasteiger partial charge in [-0.3, -0.25) is 4.79 Å². The van der Waals surface area contributed by atoms with Crippen molar-refractivity contribution in [1.29, 1.82) is 0 Å². The van der Waals surface area contributed by atoms with Crippen molar-refractivity contribution in [2.75, 3.05) is 12.4 Å². The molecule has 0 spiro atoms. The Morgan fingerprint density at radius 2 is 2.29 bits per heavy atom. The molecule has 17 heavy (non-hydrogen) atoms. The van der Waals surface area contributed by atoms with Crippen LogP contribution < -0.4 is 15.8 Å². The van der Waals surface area contributed by atoms with Gasteiger partial charge >= 0.3 is 0 Å². The van der Waals surface area contributed by atoms with Gasteiger partial charge in [0.1, 0.15) is 0 Å². The molecule has 0 bridgehead atoms. The fraction of sp³-hybridized carbons (Fsp3) is 0.417. The number of nitrogens with two attached hydrogens (primary N) is 1. The Kier molecular flexibility index (Phi) is 4.90. The molecule has 5 heteroatoms. The van der Waals surface area contributed by atoms with Gasteiger partial charge in [-0.05, 0) is 18.6 Å². The Bertz CT molecular complexity index is 396. The second kappa shape index (κ2) is 6.20. The number of amides is 1. The first-order valence-corrected chi connectivity index (χ1v) is 5.48. The molecule has 1 aromatic rings. The smallest absolute Gasteiger partial charge is 0.241 e. The minimum Gasteiger partial charge on any atom is -0.494 e. The van der Waals surface area contributed by atoms with E-state index in [0.717, 1.165) is 6.42 Å². The normalized spacial score (nSPS) is 12.0. The lowest BCUT2D eigenvalue weighted by Crippen LogP contribution is -2.35. The number of nitrogens with one attached hydrogen (secondary N) is 1. The number of anilines is 1. The van der Waals surface area contributed by atoms with Crippen molar-refractivity contribution in [3.63, 3.8) is 0 Å². The molecule has 0 saturated carbocycles. The third-order valence-corrected chi connectivity index (χ3v) is 2.36. The highest BCUT2D eigenvalue weighted by Gasteiger charge is 2.13. The van der Waals surface area contributed by atoms with Gasteiger partial charge in [0.05, 0.1) is 13.2 Å². The van der Waals surface area contributed by atoms with E-state index in [-0.39, 0.29) is 11.7 Å². The Labute approximate surface area is 100.0 Å². The average molecular weight is 240 g/mol. The lowest BCUT2D eigenvalue weighted by Gasteiger charge is -2.12. The van der Waals surface area contributed by atoms with Crippen LogP contribution >= 0.6 is 0 Å². The van der Waals surface area contributed by atoms with Crippen molar-refractivity contribution in [2.45, 2.75) is 25.8 Å². The third kappa shape index (κ3) is 3.71. The molecule has 0 fully saturated rings. The van der Waals surface area contributed by atoms with E-state index < -0.39 is 11.9 Å². The molecule has 0 aliphatic heterocycles. The summed E-state index contributed by atoms with van der Waals surface area (Å²) in [5.74, 6) is -0.657. The molecule has 0 saturated heterocycles. The van der Waals surface area contributed by atoms with Gasteiger partial charge in [0.15, 0.2) is 11.6 Å². The summed E-state index contributed by atoms with van der Waals surface area (Å²) in [5, 5.41) is 2.62. The summed E-state index contributed by atoms with van der Waals surface area (Å²) in [6, 6.07) is 3.58. The van der Waals surface area contributed by atoms with Crippen LogP contribution in [0.3, 0.4) is 0 Å². The Balaban J connectivity index is 2.71. The summed E-state index contributed by atoms with van der Waals surface area (Å²) in [6.07, 6.45) is 1.45. The summed E-state index contributed by atoms with van der Waals surface area (Å²) in [7, 11) is 1.37. The van der Waals surface area contributed by atoms with E-state index in [4.69, 9.17) is 10.5 Å². The molecule has 4 nitrogen and oxygen atoms in total. The number of halogens is 1. The number of hydrogen-bond acceptors (Lipinski definition) is 3. The van der Waals surface area contributed by atoms with Crippen LogP contribution in [0.1, 0.15) is 19.8 Å². The summed E-state index contributed by atoms with van der Waals surface area (Å²) in [6.45, 7) is 1.95. The molecule has 0 heterocycles. The molecule has 0 aliphatic carbocycles. The highest BCUT2D eigenvalue weighted by atomic mass is 19.1. The first kappa shape index (κ1) is 13.4. The predicted molar refractivity (Wildman–Crippen MR) is 64.5 cm³/mol. The van der Waals surface area contributed by atoms with Gasteiger partial charge in [0, 0.05) is 11.8 Å². The molecule has 94 valence electrons. The maximum absolute atomic E-state index is 13.1. The summed E-state index contributed by atoms with van der Waals surface area (Å²) >= 11 is 0. The van der Waals surface area contributed by atoms with Crippen LogP contribution in [0, 0.1) is 5.82 Å². The van der Waals surface area contributed by atoms with Gasteiger partial charge in [-0.1, -0.05) is 13.3 Å². The van der Waals surface area contributed by atoms with Crippen molar-refractivity contribution < 1.29 is 13.9 Å². The highest BCUT2D eigenvalue weighted by molar-refractivity contribution is 5.94. The van der Waals surface area contributed by atoms with Gasteiger partial charge in [0.25, 0.3) is 0 Å². The van der Waals surface area contributed by atoms with Crippen LogP contribution in [0.4, 0.5) is 10.1 Å². The molecule has 3 N–H and O–H groups in total. The zero-order valence-electron chi connectivity index (χ0n) is 10.00. The van der Waals surface area contributed by atoms with Crippen molar-refractivity contribution >= 4 is 11.6 Å². The molecule has 1 atom stereocenters. The quantitative estimate of drug-likeness (QED) is 0.826. The summed E-state index contributed by atoms with van der Waals surface area (Å²) < 4.78 is 17.9. The highest BCUT2D eigenvalue weighted by Crippen LogP contribution is 2.21. The number of methoxy groups -OCH3 is 1. The summed E-state index contributed by atoms with van der Waals surface area (Å²) in [4.78, 5) is 11.6. The van der Waals surface area contributed by atoms with Crippen LogP contribution in [0.15, 0.2) is 18.2 Å². The van der Waals surface area contributed by atoms with Crippen molar-refractivity contribution in [1.82, 2.24) is 0 Å². The van der Waals surface area contributed by atoms with Crippen LogP contribution in [0.25, 0.3) is 0 Å². The molecular formula is C12H17FN2O2. The third-order valence-electron chi connectivity index (χ3n) is 2.36. The van der Waals surface area contributed by atoms with E-state index in [1.54, 1.807) is 0 Å². The van der Waals surface area contributed by atoms with Crippen LogP contribution in [-0.4, -0.2) is 19.1 Å². The standard InChI is InChI=1S/C12H17FN2O2/c1-3-4-10(14)12(16)15-8-5-6-9(13)11(7-8)17-2/h5-7,10H,3-4,14H2,1-2H3,(H,15,16)/t10-/m0/s1. The van der Waals surface area contributed by atoms with Gasteiger partial charge in [-0.15, -0.1) is 0 Å². The largest absolute Gasteiger partial charge is 0.494 e. The molecule has 1 amide bonds. The molecule has 0 aliphatic rings. The monoisotopic (exact) mass is 240 g/mol. The van der Waals surface area contributed by atoms with Crippen LogP contribution in [0.5, 0.6) is 5.75 Å². The van der Waals surface area contributed by atoms with Gasteiger partial charge in [-0.25, -0.2) is 4.39 Å². The van der Waals surface area contributed by atoms with Gasteiger partial charge in [-0.2, -0.15) is 0 Å². The fourth-order valence-electron chi connectivity index (χ4n) is 1.41. The van der Waals surface area contributed by atoms with Crippen LogP contribution in [-0.2, 0) is 4.79 Å². The maximum Gasteiger partial charge on any atom is 0.241 e. The van der Waals surface area contributed by atoms with E-state index >= 15 is 0 Å². The minimum absolute atomic E-state index is 0.0897. The van der Waals surface area contributed by atoms with Crippen molar-refractivity contribution in [2.24, 2.45) is 5.73 Å². The van der Waals surface area contributed by atoms with Crippen molar-refractivity contribution in [3.8, 4) is 5.75 Å². The predicted octanol–water partition coefficient (Wildman–Crippen LogP) is 1.90. The first-order valence-electron chi connectivity index (χ1n) is 5.48. The van der Waals surface area contributed by atoms with E-state index in [1.807, 2.05) is 6.92 Å². The zero-order chi connectivity index (χ0) is 12.8. The second-order valence-electron chi connectivity index (χ2n) is 3.73. The lowest BCUT2D eigenvalue weighted by atomic mass is 10.1. The van der Waals surface area contributed by atoms with Crippen molar-refractivity contribution in [3.05, 3.63) is 24.0 Å². The van der Waals surface area contributed by atoms with Crippen LogP contribution in [0.2, 0.25) is 0 Å². The second-order valence-corrected chi connectivity index (χ2v) is 3.73. The first-order chi connectivity index (χ1) is 8.08. The average Bonchev–Trinajstić information content (AvgIpc) is 2.31. The topological polar surface area (TPSA) is 64.4 Å². The SMILES string of the molecule is CCC[C@H](N)C(=O)Nc1ccc(F)c(OC)c1. The molecule has 0 unspecified atom stereocenters. The number of carbonyl (C=O) groups is 1. The lowest BCUT2D eigenvalue weighted by molar-refractivity contribution is -0.117. The molecule has 0 radical (unpaired) electrons. The van der Waals surface area contributed by atoms with E-state index in [2.05, 4.69) is 5.32 Å². The van der Waals surface area contributed by atoms with Gasteiger partial charge < -0.3 is 15.8 Å². The number of rotatable bonds is 5. The fourth-order valence-corrected chi connectivity index (χ4v) is 1.41. The number of hydrogen-bond donors (Lipinski definition) is 2. The molecule has 0 aromatic heterocycles. The number of benzene rings is 1. The molecule has 1 aromatic carbocycles. The maximum atomic E-state index is 13.1. The van der Waals surface area contributed by atoms with E-state index in [1.165, 1.54) is 25.3 Å². The molecule has 1 rings (SSSR count). The Morgan fingerprint density at radius 3 is 2.88 bits per heavy atom. The van der Waals surface area contributed by atoms with E-state index in [9.17, 15) is 9.18 Å². The minimum atomic E-state index is -0.545. The van der Waals surface area contributed by atoms with E-state index in [0.29, 0.717) is 12.1 Å². The molecular weight excluding hydrogens is 223 g/mol.